The van der Waals surface area contributed by atoms with Crippen molar-refractivity contribution in [2.75, 3.05) is 0 Å². The van der Waals surface area contributed by atoms with Crippen LogP contribution in [0.5, 0.6) is 5.75 Å². The Morgan fingerprint density at radius 2 is 1.83 bits per heavy atom. The molecule has 0 unspecified atom stereocenters. The number of pyridine rings is 1. The predicted octanol–water partition coefficient (Wildman–Crippen LogP) is 3.23. The highest BCUT2D eigenvalue weighted by Crippen LogP contribution is 2.26. The largest absolute Gasteiger partial charge is 0.573 e. The molecule has 7 heteroatoms. The minimum absolute atomic E-state index is 0.0727. The molecule has 0 atom stereocenters. The number of hydrogen-bond acceptors (Lipinski definition) is 3. The van der Waals surface area contributed by atoms with Crippen LogP contribution in [0, 0.1) is 0 Å². The van der Waals surface area contributed by atoms with E-state index in [9.17, 15) is 18.0 Å². The van der Waals surface area contributed by atoms with Crippen LogP contribution in [0.1, 0.15) is 17.5 Å². The lowest BCUT2D eigenvalue weighted by molar-refractivity contribution is -0.274. The number of para-hydroxylation sites is 1. The van der Waals surface area contributed by atoms with Crippen molar-refractivity contribution in [2.45, 2.75) is 25.7 Å². The van der Waals surface area contributed by atoms with Crippen molar-refractivity contribution in [1.29, 1.82) is 0 Å². The second-order valence-electron chi connectivity index (χ2n) is 4.79. The van der Waals surface area contributed by atoms with Crippen molar-refractivity contribution < 1.29 is 22.7 Å². The van der Waals surface area contributed by atoms with E-state index in [2.05, 4.69) is 15.0 Å². The molecule has 0 spiro atoms. The molecule has 2 rings (SSSR count). The van der Waals surface area contributed by atoms with Crippen LogP contribution in [-0.4, -0.2) is 17.3 Å². The number of aryl methyl sites for hydroxylation is 1. The van der Waals surface area contributed by atoms with Gasteiger partial charge in [0, 0.05) is 25.4 Å². The Kier molecular flexibility index (Phi) is 5.56. The maximum absolute atomic E-state index is 12.3. The normalized spacial score (nSPS) is 11.1. The molecule has 0 aliphatic heterocycles. The van der Waals surface area contributed by atoms with Crippen molar-refractivity contribution in [1.82, 2.24) is 10.3 Å². The van der Waals surface area contributed by atoms with Gasteiger partial charge in [-0.1, -0.05) is 18.2 Å². The molecule has 0 saturated carbocycles. The first kappa shape index (κ1) is 16.8. The highest BCUT2D eigenvalue weighted by Gasteiger charge is 2.31. The van der Waals surface area contributed by atoms with Gasteiger partial charge in [-0.25, -0.2) is 0 Å². The van der Waals surface area contributed by atoms with Crippen LogP contribution in [0.15, 0.2) is 48.8 Å². The number of rotatable bonds is 6. The molecule has 1 aromatic heterocycles. The summed E-state index contributed by atoms with van der Waals surface area (Å²) < 4.78 is 40.9. The van der Waals surface area contributed by atoms with Crippen LogP contribution in [0.4, 0.5) is 13.2 Å². The number of carbonyl (C=O) groups excluding carboxylic acids is 1. The number of amides is 1. The summed E-state index contributed by atoms with van der Waals surface area (Å²) in [6.45, 7) is 0.349. The Labute approximate surface area is 131 Å². The van der Waals surface area contributed by atoms with E-state index in [1.807, 2.05) is 0 Å². The van der Waals surface area contributed by atoms with E-state index in [1.165, 1.54) is 18.2 Å². The third-order valence-corrected chi connectivity index (χ3v) is 3.06. The van der Waals surface area contributed by atoms with Crippen molar-refractivity contribution in [3.05, 3.63) is 59.9 Å². The fraction of sp³-hybridized carbons (Fsp3) is 0.250. The molecule has 1 heterocycles. The molecule has 122 valence electrons. The summed E-state index contributed by atoms with van der Waals surface area (Å²) >= 11 is 0. The summed E-state index contributed by atoms with van der Waals surface area (Å²) in [4.78, 5) is 15.7. The quantitative estimate of drug-likeness (QED) is 0.887. The molecular formula is C16H15F3N2O2. The standard InChI is InChI=1S/C16H15F3N2O2/c17-16(18,19)23-14-4-2-1-3-13(14)5-6-15(22)21-11-12-7-9-20-10-8-12/h1-4,7-10H,5-6,11H2,(H,21,22). The first-order valence-electron chi connectivity index (χ1n) is 6.93. The molecule has 4 nitrogen and oxygen atoms in total. The molecule has 2 aromatic rings. The van der Waals surface area contributed by atoms with Crippen molar-refractivity contribution in [3.63, 3.8) is 0 Å². The number of ether oxygens (including phenoxy) is 1. The van der Waals surface area contributed by atoms with Crippen LogP contribution < -0.4 is 10.1 Å². The number of nitrogens with one attached hydrogen (secondary N) is 1. The van der Waals surface area contributed by atoms with E-state index in [0.29, 0.717) is 12.1 Å². The number of hydrogen-bond donors (Lipinski definition) is 1. The van der Waals surface area contributed by atoms with Gasteiger partial charge in [-0.05, 0) is 35.7 Å². The van der Waals surface area contributed by atoms with Crippen molar-refractivity contribution in [3.8, 4) is 5.75 Å². The smallest absolute Gasteiger partial charge is 0.406 e. The van der Waals surface area contributed by atoms with E-state index in [1.54, 1.807) is 30.6 Å². The Balaban J connectivity index is 1.87. The summed E-state index contributed by atoms with van der Waals surface area (Å²) in [6.07, 6.45) is -1.28. The molecule has 1 N–H and O–H groups in total. The van der Waals surface area contributed by atoms with Crippen LogP contribution in [0.3, 0.4) is 0 Å². The minimum Gasteiger partial charge on any atom is -0.406 e. The van der Waals surface area contributed by atoms with Gasteiger partial charge in [0.25, 0.3) is 0 Å². The molecule has 1 aromatic carbocycles. The summed E-state index contributed by atoms with van der Waals surface area (Å²) in [5.74, 6) is -0.523. The van der Waals surface area contributed by atoms with E-state index < -0.39 is 6.36 Å². The van der Waals surface area contributed by atoms with Crippen molar-refractivity contribution in [2.24, 2.45) is 0 Å². The molecule has 0 bridgehead atoms. The lowest BCUT2D eigenvalue weighted by atomic mass is 10.1. The number of carbonyl (C=O) groups is 1. The van der Waals surface area contributed by atoms with Crippen molar-refractivity contribution >= 4 is 5.91 Å². The molecule has 0 aliphatic carbocycles. The summed E-state index contributed by atoms with van der Waals surface area (Å²) in [6, 6.07) is 9.34. The van der Waals surface area contributed by atoms with Gasteiger partial charge in [-0.3, -0.25) is 9.78 Å². The molecule has 0 aliphatic rings. The third-order valence-electron chi connectivity index (χ3n) is 3.06. The molecule has 0 radical (unpaired) electrons. The van der Waals surface area contributed by atoms with Crippen LogP contribution >= 0.6 is 0 Å². The highest BCUT2D eigenvalue weighted by atomic mass is 19.4. The maximum Gasteiger partial charge on any atom is 0.573 e. The highest BCUT2D eigenvalue weighted by molar-refractivity contribution is 5.76. The fourth-order valence-electron chi connectivity index (χ4n) is 1.97. The minimum atomic E-state index is -4.75. The monoisotopic (exact) mass is 324 g/mol. The molecule has 1 amide bonds. The Bertz CT molecular complexity index is 645. The predicted molar refractivity (Wildman–Crippen MR) is 77.5 cm³/mol. The lowest BCUT2D eigenvalue weighted by Gasteiger charge is -2.13. The van der Waals surface area contributed by atoms with Crippen LogP contribution in [0.2, 0.25) is 0 Å². The molecule has 0 saturated heterocycles. The molecular weight excluding hydrogens is 309 g/mol. The number of nitrogens with zero attached hydrogens (tertiary/aromatic N) is 1. The summed E-state index contributed by atoms with van der Waals surface area (Å²) in [5.41, 5.74) is 1.23. The van der Waals surface area contributed by atoms with Gasteiger partial charge >= 0.3 is 6.36 Å². The summed E-state index contributed by atoms with van der Waals surface area (Å²) in [5, 5.41) is 2.71. The third kappa shape index (κ3) is 5.98. The molecule has 23 heavy (non-hydrogen) atoms. The van der Waals surface area contributed by atoms with E-state index >= 15 is 0 Å². The second-order valence-corrected chi connectivity index (χ2v) is 4.79. The van der Waals surface area contributed by atoms with Gasteiger partial charge in [0.05, 0.1) is 0 Å². The van der Waals surface area contributed by atoms with Gasteiger partial charge < -0.3 is 10.1 Å². The van der Waals surface area contributed by atoms with Gasteiger partial charge in [0.1, 0.15) is 5.75 Å². The van der Waals surface area contributed by atoms with Gasteiger partial charge in [0.15, 0.2) is 0 Å². The zero-order valence-corrected chi connectivity index (χ0v) is 12.1. The van der Waals surface area contributed by atoms with E-state index in [-0.39, 0.29) is 24.5 Å². The number of alkyl halides is 3. The average molecular weight is 324 g/mol. The zero-order valence-electron chi connectivity index (χ0n) is 12.1. The Morgan fingerprint density at radius 1 is 1.13 bits per heavy atom. The zero-order chi connectivity index (χ0) is 16.7. The van der Waals surface area contributed by atoms with Gasteiger partial charge in [-0.15, -0.1) is 13.2 Å². The van der Waals surface area contributed by atoms with Crippen LogP contribution in [0.25, 0.3) is 0 Å². The average Bonchev–Trinajstić information content (AvgIpc) is 2.51. The molecule has 0 fully saturated rings. The van der Waals surface area contributed by atoms with Gasteiger partial charge in [-0.2, -0.15) is 0 Å². The van der Waals surface area contributed by atoms with E-state index in [4.69, 9.17) is 0 Å². The summed E-state index contributed by atoms with van der Waals surface area (Å²) in [7, 11) is 0. The topological polar surface area (TPSA) is 51.2 Å². The first-order valence-corrected chi connectivity index (χ1v) is 6.93. The van der Waals surface area contributed by atoms with E-state index in [0.717, 1.165) is 5.56 Å². The Hall–Kier alpha value is -2.57. The second kappa shape index (κ2) is 7.62. The van der Waals surface area contributed by atoms with Gasteiger partial charge in [0.2, 0.25) is 5.91 Å². The number of benzene rings is 1. The lowest BCUT2D eigenvalue weighted by Crippen LogP contribution is -2.23. The maximum atomic E-state index is 12.3. The number of halogens is 3. The SMILES string of the molecule is O=C(CCc1ccccc1OC(F)(F)F)NCc1ccncc1. The Morgan fingerprint density at radius 3 is 2.52 bits per heavy atom. The number of aromatic nitrogens is 1. The van der Waals surface area contributed by atoms with Crippen LogP contribution in [-0.2, 0) is 17.8 Å². The first-order chi connectivity index (χ1) is 10.9. The fourth-order valence-corrected chi connectivity index (χ4v) is 1.97.